The minimum absolute atomic E-state index is 0.196. The minimum atomic E-state index is -5.08. The fraction of sp³-hybridized carbons (Fsp3) is 0.238. The van der Waals surface area contributed by atoms with Gasteiger partial charge in [-0.25, -0.2) is 0 Å². The monoisotopic (exact) mass is 480 g/mol. The highest BCUT2D eigenvalue weighted by Gasteiger charge is 2.39. The Bertz CT molecular complexity index is 1130. The third kappa shape index (κ3) is 7.25. The first-order valence-electron chi connectivity index (χ1n) is 9.38. The van der Waals surface area contributed by atoms with Crippen LogP contribution in [0.2, 0.25) is 0 Å². The van der Waals surface area contributed by atoms with Gasteiger partial charge in [-0.3, -0.25) is 23.7 Å². The maximum Gasteiger partial charge on any atom is 0.336 e. The van der Waals surface area contributed by atoms with Crippen LogP contribution >= 0.6 is 7.60 Å². The Morgan fingerprint density at radius 3 is 1.85 bits per heavy atom. The van der Waals surface area contributed by atoms with E-state index in [0.29, 0.717) is 5.56 Å². The van der Waals surface area contributed by atoms with Gasteiger partial charge in [0.2, 0.25) is 0 Å². The summed E-state index contributed by atoms with van der Waals surface area (Å²) >= 11 is 0. The van der Waals surface area contributed by atoms with Gasteiger partial charge in [0.25, 0.3) is 0 Å². The molecule has 33 heavy (non-hydrogen) atoms. The molecule has 1 unspecified atom stereocenters. The maximum atomic E-state index is 13.1. The van der Waals surface area contributed by atoms with Crippen LogP contribution in [0.3, 0.4) is 0 Å². The molecule has 0 saturated carbocycles. The van der Waals surface area contributed by atoms with Gasteiger partial charge < -0.3 is 29.1 Å². The Kier molecular flexibility index (Phi) is 8.10. The zero-order valence-corrected chi connectivity index (χ0v) is 18.7. The van der Waals surface area contributed by atoms with Crippen LogP contribution in [0.5, 0.6) is 23.0 Å². The first-order valence-corrected chi connectivity index (χ1v) is 11.1. The molecular weight excluding hydrogens is 459 g/mol. The number of hydrogen-bond acceptors (Lipinski definition) is 9. The van der Waals surface area contributed by atoms with Crippen LogP contribution in [0, 0.1) is 0 Å². The number of carbonyl (C=O) groups is 4. The summed E-state index contributed by atoms with van der Waals surface area (Å²) in [7, 11) is -5.08. The fourth-order valence-corrected chi connectivity index (χ4v) is 3.78. The molecule has 3 N–H and O–H groups in total. The summed E-state index contributed by atoms with van der Waals surface area (Å²) in [4.78, 5) is 66.5. The van der Waals surface area contributed by atoms with E-state index in [1.54, 1.807) is 0 Å². The number of ketones is 1. The van der Waals surface area contributed by atoms with Gasteiger partial charge in [0.05, 0.1) is 0 Å². The Morgan fingerprint density at radius 2 is 1.36 bits per heavy atom. The summed E-state index contributed by atoms with van der Waals surface area (Å²) in [5, 5.41) is 10.4. The van der Waals surface area contributed by atoms with Crippen LogP contribution < -0.4 is 14.2 Å². The lowest BCUT2D eigenvalue weighted by Gasteiger charge is -2.20. The molecule has 2 aromatic carbocycles. The molecule has 0 bridgehead atoms. The number of Topliss-reactive ketones (excluding diaryl/α,β-unsaturated/α-hetero) is 1. The number of hydrogen-bond donors (Lipinski definition) is 3. The first kappa shape index (κ1) is 25.7. The molecule has 11 nitrogen and oxygen atoms in total. The third-order valence-electron chi connectivity index (χ3n) is 4.14. The molecule has 2 rings (SSSR count). The summed E-state index contributed by atoms with van der Waals surface area (Å²) < 4.78 is 26.8. The van der Waals surface area contributed by atoms with Crippen LogP contribution in [0.25, 0.3) is 0 Å². The third-order valence-corrected chi connectivity index (χ3v) is 5.37. The summed E-state index contributed by atoms with van der Waals surface area (Å²) in [5.41, 5.74) is -2.29. The molecule has 0 spiro atoms. The van der Waals surface area contributed by atoms with Crippen molar-refractivity contribution in [3.8, 4) is 23.0 Å². The highest BCUT2D eigenvalue weighted by Crippen LogP contribution is 2.47. The number of benzene rings is 2. The molecule has 0 fully saturated rings. The maximum absolute atomic E-state index is 13.1. The number of carbonyl (C=O) groups excluding carboxylic acids is 4. The van der Waals surface area contributed by atoms with E-state index in [2.05, 4.69) is 0 Å². The molecule has 0 saturated heterocycles. The number of aromatic hydroxyl groups is 1. The lowest BCUT2D eigenvalue weighted by molar-refractivity contribution is -0.133. The largest absolute Gasteiger partial charge is 0.507 e. The van der Waals surface area contributed by atoms with Crippen molar-refractivity contribution >= 4 is 31.3 Å². The van der Waals surface area contributed by atoms with Crippen molar-refractivity contribution in [1.29, 1.82) is 0 Å². The number of phenols is 1. The molecule has 0 aromatic heterocycles. The Balaban J connectivity index is 2.48. The van der Waals surface area contributed by atoms with E-state index in [-0.39, 0.29) is 11.5 Å². The van der Waals surface area contributed by atoms with Gasteiger partial charge in [0, 0.05) is 32.9 Å². The van der Waals surface area contributed by atoms with E-state index in [0.717, 1.165) is 26.0 Å². The molecule has 0 aliphatic carbocycles. The Labute approximate surface area is 188 Å². The van der Waals surface area contributed by atoms with Crippen molar-refractivity contribution in [2.45, 2.75) is 32.9 Å². The van der Waals surface area contributed by atoms with Crippen molar-refractivity contribution in [2.75, 3.05) is 0 Å². The summed E-state index contributed by atoms with van der Waals surface area (Å²) in [5.74, 6) is -4.80. The smallest absolute Gasteiger partial charge is 0.336 e. The fourth-order valence-electron chi connectivity index (χ4n) is 2.90. The molecule has 0 aliphatic rings. The standard InChI is InChI=1S/C21H21O11P/c1-11(22)30-15-6-4-14(5-7-15)8-19(33(27,28)29)21(26)20-17(25)9-16(31-12(2)23)10-18(20)32-13(3)24/h4-7,9-10,19,25H,8H2,1-3H3,(H2,27,28,29). The molecular formula is C21H21O11P. The van der Waals surface area contributed by atoms with Gasteiger partial charge in [-0.05, 0) is 24.1 Å². The Hall–Kier alpha value is -3.53. The SMILES string of the molecule is CC(=O)Oc1ccc(CC(C(=O)c2c(O)cc(OC(C)=O)cc2OC(C)=O)P(=O)(O)O)cc1. The second-order valence-corrected chi connectivity index (χ2v) is 8.72. The van der Waals surface area contributed by atoms with Crippen LogP contribution in [0.4, 0.5) is 0 Å². The van der Waals surface area contributed by atoms with Crippen LogP contribution in [-0.4, -0.2) is 44.2 Å². The van der Waals surface area contributed by atoms with E-state index in [9.17, 15) is 38.6 Å². The summed E-state index contributed by atoms with van der Waals surface area (Å²) in [6, 6.07) is 7.43. The van der Waals surface area contributed by atoms with E-state index in [1.807, 2.05) is 0 Å². The molecule has 12 heteroatoms. The van der Waals surface area contributed by atoms with Gasteiger partial charge in [-0.1, -0.05) is 12.1 Å². The molecule has 2 aromatic rings. The van der Waals surface area contributed by atoms with E-state index in [1.165, 1.54) is 31.2 Å². The minimum Gasteiger partial charge on any atom is -0.507 e. The topological polar surface area (TPSA) is 174 Å². The van der Waals surface area contributed by atoms with E-state index >= 15 is 0 Å². The average Bonchev–Trinajstić information content (AvgIpc) is 2.64. The first-order chi connectivity index (χ1) is 15.3. The van der Waals surface area contributed by atoms with Crippen molar-refractivity contribution in [3.63, 3.8) is 0 Å². The van der Waals surface area contributed by atoms with Crippen molar-refractivity contribution in [1.82, 2.24) is 0 Å². The second-order valence-electron chi connectivity index (χ2n) is 6.91. The van der Waals surface area contributed by atoms with Gasteiger partial charge >= 0.3 is 25.5 Å². The van der Waals surface area contributed by atoms with Gasteiger partial charge in [0.1, 0.15) is 34.2 Å². The van der Waals surface area contributed by atoms with E-state index < -0.39 is 60.4 Å². The molecule has 0 amide bonds. The van der Waals surface area contributed by atoms with Gasteiger partial charge in [0.15, 0.2) is 5.78 Å². The number of ether oxygens (including phenoxy) is 3. The van der Waals surface area contributed by atoms with Crippen LogP contribution in [0.1, 0.15) is 36.7 Å². The number of rotatable bonds is 8. The molecule has 1 atom stereocenters. The highest BCUT2D eigenvalue weighted by atomic mass is 31.2. The summed E-state index contributed by atoms with van der Waals surface area (Å²) in [6.45, 7) is 3.30. The Morgan fingerprint density at radius 1 is 0.848 bits per heavy atom. The highest BCUT2D eigenvalue weighted by molar-refractivity contribution is 7.53. The number of esters is 3. The van der Waals surface area contributed by atoms with Gasteiger partial charge in [-0.15, -0.1) is 0 Å². The zero-order valence-electron chi connectivity index (χ0n) is 17.8. The second kappa shape index (κ2) is 10.4. The van der Waals surface area contributed by atoms with Gasteiger partial charge in [-0.2, -0.15) is 0 Å². The normalized spacial score (nSPS) is 11.9. The zero-order chi connectivity index (χ0) is 24.9. The van der Waals surface area contributed by atoms with Crippen LogP contribution in [-0.2, 0) is 25.4 Å². The molecule has 0 radical (unpaired) electrons. The van der Waals surface area contributed by atoms with Crippen LogP contribution in [0.15, 0.2) is 36.4 Å². The lowest BCUT2D eigenvalue weighted by Crippen LogP contribution is -2.25. The van der Waals surface area contributed by atoms with Crippen molar-refractivity contribution in [3.05, 3.63) is 47.5 Å². The van der Waals surface area contributed by atoms with Crippen molar-refractivity contribution in [2.24, 2.45) is 0 Å². The number of phenolic OH excluding ortho intramolecular Hbond substituents is 1. The van der Waals surface area contributed by atoms with Crippen molar-refractivity contribution < 1.29 is 52.8 Å². The molecule has 0 aliphatic heterocycles. The quantitative estimate of drug-likeness (QED) is 0.219. The average molecular weight is 480 g/mol. The predicted octanol–water partition coefficient (Wildman–Crippen LogP) is 2.14. The summed E-state index contributed by atoms with van der Waals surface area (Å²) in [6.07, 6.45) is -0.450. The molecule has 0 heterocycles. The molecule has 176 valence electrons. The lowest BCUT2D eigenvalue weighted by atomic mass is 10.00. The van der Waals surface area contributed by atoms with E-state index in [4.69, 9.17) is 14.2 Å². The predicted molar refractivity (Wildman–Crippen MR) is 112 cm³/mol.